The van der Waals surface area contributed by atoms with Gasteiger partial charge in [-0.3, -0.25) is 5.41 Å². The minimum atomic E-state index is -0.0770. The van der Waals surface area contributed by atoms with Crippen molar-refractivity contribution in [3.8, 4) is 0 Å². The zero-order valence-electron chi connectivity index (χ0n) is 9.56. The molecule has 0 fully saturated rings. The Kier molecular flexibility index (Phi) is 4.19. The zero-order valence-corrected chi connectivity index (χ0v) is 9.56. The number of nitrogen functional groups attached to an aromatic ring is 1. The first-order valence-corrected chi connectivity index (χ1v) is 5.14. The van der Waals surface area contributed by atoms with E-state index in [0.717, 1.165) is 5.69 Å². The number of amidine groups is 1. The Labute approximate surface area is 94.6 Å². The van der Waals surface area contributed by atoms with Gasteiger partial charge in [-0.05, 0) is 19.9 Å². The summed E-state index contributed by atoms with van der Waals surface area (Å²) in [5.41, 5.74) is 6.56. The first-order chi connectivity index (χ1) is 7.58. The van der Waals surface area contributed by atoms with Gasteiger partial charge in [0.05, 0.1) is 6.61 Å². The number of nitrogens with two attached hydrogens (primary N) is 1. The smallest absolute Gasteiger partial charge is 0.226 e. The van der Waals surface area contributed by atoms with E-state index in [-0.39, 0.29) is 12.4 Å². The SMILES string of the molecule is CCN(CCO)c1nc(C)cc(C(=N)N)n1. The van der Waals surface area contributed by atoms with Gasteiger partial charge in [0.25, 0.3) is 0 Å². The Bertz CT molecular complexity index is 379. The largest absolute Gasteiger partial charge is 0.395 e. The number of nitrogens with one attached hydrogen (secondary N) is 1. The molecule has 6 nitrogen and oxygen atoms in total. The molecule has 0 radical (unpaired) electrons. The lowest BCUT2D eigenvalue weighted by Crippen LogP contribution is -2.29. The Morgan fingerprint density at radius 1 is 1.56 bits per heavy atom. The highest BCUT2D eigenvalue weighted by Gasteiger charge is 2.10. The summed E-state index contributed by atoms with van der Waals surface area (Å²) in [5, 5.41) is 16.3. The molecule has 0 spiro atoms. The molecule has 0 saturated carbocycles. The van der Waals surface area contributed by atoms with Gasteiger partial charge < -0.3 is 15.7 Å². The fourth-order valence-corrected chi connectivity index (χ4v) is 1.35. The topological polar surface area (TPSA) is 99.1 Å². The molecule has 0 saturated heterocycles. The van der Waals surface area contributed by atoms with Crippen molar-refractivity contribution in [1.82, 2.24) is 9.97 Å². The van der Waals surface area contributed by atoms with Crippen LogP contribution in [0.15, 0.2) is 6.07 Å². The molecule has 1 heterocycles. The molecule has 0 aliphatic rings. The van der Waals surface area contributed by atoms with Gasteiger partial charge in [0, 0.05) is 18.8 Å². The van der Waals surface area contributed by atoms with E-state index in [1.54, 1.807) is 6.07 Å². The number of likely N-dealkylation sites (N-methyl/N-ethyl adjacent to an activating group) is 1. The van der Waals surface area contributed by atoms with E-state index in [1.165, 1.54) is 0 Å². The molecule has 1 rings (SSSR count). The van der Waals surface area contributed by atoms with Crippen LogP contribution in [-0.4, -0.2) is 40.6 Å². The van der Waals surface area contributed by atoms with Gasteiger partial charge in [0.15, 0.2) is 0 Å². The highest BCUT2D eigenvalue weighted by molar-refractivity contribution is 5.93. The van der Waals surface area contributed by atoms with Crippen molar-refractivity contribution in [2.75, 3.05) is 24.6 Å². The third-order valence-electron chi connectivity index (χ3n) is 2.15. The Hall–Kier alpha value is -1.69. The lowest BCUT2D eigenvalue weighted by Gasteiger charge is -2.20. The predicted octanol–water partition coefficient (Wildman–Crippen LogP) is -0.112. The van der Waals surface area contributed by atoms with Crippen LogP contribution in [0.1, 0.15) is 18.3 Å². The number of hydrogen-bond acceptors (Lipinski definition) is 5. The van der Waals surface area contributed by atoms with Crippen molar-refractivity contribution < 1.29 is 5.11 Å². The fourth-order valence-electron chi connectivity index (χ4n) is 1.35. The number of nitrogens with zero attached hydrogens (tertiary/aromatic N) is 3. The summed E-state index contributed by atoms with van der Waals surface area (Å²) in [6.45, 7) is 4.98. The van der Waals surface area contributed by atoms with Crippen LogP contribution < -0.4 is 10.6 Å². The van der Waals surface area contributed by atoms with Crippen LogP contribution in [0.3, 0.4) is 0 Å². The average molecular weight is 223 g/mol. The molecule has 6 heteroatoms. The zero-order chi connectivity index (χ0) is 12.1. The Morgan fingerprint density at radius 3 is 2.75 bits per heavy atom. The molecule has 1 aromatic heterocycles. The minimum Gasteiger partial charge on any atom is -0.395 e. The lowest BCUT2D eigenvalue weighted by molar-refractivity contribution is 0.301. The van der Waals surface area contributed by atoms with Crippen molar-refractivity contribution >= 4 is 11.8 Å². The van der Waals surface area contributed by atoms with Crippen molar-refractivity contribution in [3.63, 3.8) is 0 Å². The summed E-state index contributed by atoms with van der Waals surface area (Å²) in [6, 6.07) is 1.67. The highest BCUT2D eigenvalue weighted by Crippen LogP contribution is 2.09. The number of aromatic nitrogens is 2. The molecule has 0 aliphatic heterocycles. The molecule has 0 bridgehead atoms. The van der Waals surface area contributed by atoms with Gasteiger partial charge in [-0.25, -0.2) is 9.97 Å². The molecular formula is C10H17N5O. The van der Waals surface area contributed by atoms with Gasteiger partial charge in [-0.2, -0.15) is 0 Å². The third-order valence-corrected chi connectivity index (χ3v) is 2.15. The van der Waals surface area contributed by atoms with Gasteiger partial charge in [-0.15, -0.1) is 0 Å². The lowest BCUT2D eigenvalue weighted by atomic mass is 10.3. The van der Waals surface area contributed by atoms with E-state index in [9.17, 15) is 0 Å². The van der Waals surface area contributed by atoms with Crippen LogP contribution in [-0.2, 0) is 0 Å². The summed E-state index contributed by atoms with van der Waals surface area (Å²) in [6.07, 6.45) is 0. The number of aliphatic hydroxyl groups is 1. The van der Waals surface area contributed by atoms with Crippen molar-refractivity contribution in [2.24, 2.45) is 5.73 Å². The van der Waals surface area contributed by atoms with Crippen molar-refractivity contribution in [1.29, 1.82) is 5.41 Å². The number of aryl methyl sites for hydroxylation is 1. The summed E-state index contributed by atoms with van der Waals surface area (Å²) < 4.78 is 0. The first-order valence-electron chi connectivity index (χ1n) is 5.14. The number of hydrogen-bond donors (Lipinski definition) is 3. The molecule has 0 amide bonds. The maximum atomic E-state index is 8.91. The summed E-state index contributed by atoms with van der Waals surface area (Å²) >= 11 is 0. The van der Waals surface area contributed by atoms with Gasteiger partial charge in [-0.1, -0.05) is 0 Å². The van der Waals surface area contributed by atoms with Gasteiger partial charge >= 0.3 is 0 Å². The minimum absolute atomic E-state index is 0.0422. The van der Waals surface area contributed by atoms with Gasteiger partial charge in [0.2, 0.25) is 5.95 Å². The molecule has 16 heavy (non-hydrogen) atoms. The Morgan fingerprint density at radius 2 is 2.25 bits per heavy atom. The Balaban J connectivity index is 3.07. The van der Waals surface area contributed by atoms with Crippen LogP contribution >= 0.6 is 0 Å². The predicted molar refractivity (Wildman–Crippen MR) is 62.8 cm³/mol. The van der Waals surface area contributed by atoms with E-state index < -0.39 is 0 Å². The van der Waals surface area contributed by atoms with Crippen LogP contribution in [0.5, 0.6) is 0 Å². The maximum Gasteiger partial charge on any atom is 0.226 e. The molecule has 1 aromatic rings. The second-order valence-electron chi connectivity index (χ2n) is 3.41. The van der Waals surface area contributed by atoms with Crippen LogP contribution in [0.25, 0.3) is 0 Å². The third kappa shape index (κ3) is 2.90. The summed E-state index contributed by atoms with van der Waals surface area (Å²) in [4.78, 5) is 10.3. The van der Waals surface area contributed by atoms with E-state index in [2.05, 4.69) is 9.97 Å². The van der Waals surface area contributed by atoms with E-state index >= 15 is 0 Å². The average Bonchev–Trinajstić information content (AvgIpc) is 2.24. The van der Waals surface area contributed by atoms with Crippen LogP contribution in [0.2, 0.25) is 0 Å². The maximum absolute atomic E-state index is 8.91. The number of anilines is 1. The fraction of sp³-hybridized carbons (Fsp3) is 0.500. The summed E-state index contributed by atoms with van der Waals surface area (Å²) in [5.74, 6) is 0.425. The second kappa shape index (κ2) is 5.41. The van der Waals surface area contributed by atoms with E-state index in [1.807, 2.05) is 18.7 Å². The molecular weight excluding hydrogens is 206 g/mol. The number of rotatable bonds is 5. The molecule has 0 atom stereocenters. The number of aliphatic hydroxyl groups excluding tert-OH is 1. The normalized spacial score (nSPS) is 10.2. The monoisotopic (exact) mass is 223 g/mol. The van der Waals surface area contributed by atoms with E-state index in [0.29, 0.717) is 24.7 Å². The second-order valence-corrected chi connectivity index (χ2v) is 3.41. The first kappa shape index (κ1) is 12.4. The van der Waals surface area contributed by atoms with Crippen LogP contribution in [0.4, 0.5) is 5.95 Å². The highest BCUT2D eigenvalue weighted by atomic mass is 16.3. The quantitative estimate of drug-likeness (QED) is 0.477. The molecule has 0 aromatic carbocycles. The molecule has 88 valence electrons. The standard InChI is InChI=1S/C10H17N5O/c1-3-15(4-5-16)10-13-7(2)6-8(14-10)9(11)12/h6,16H,3-5H2,1-2H3,(H3,11,12). The van der Waals surface area contributed by atoms with E-state index in [4.69, 9.17) is 16.2 Å². The molecule has 0 aliphatic carbocycles. The van der Waals surface area contributed by atoms with Gasteiger partial charge in [0.1, 0.15) is 11.5 Å². The van der Waals surface area contributed by atoms with Crippen LogP contribution in [0, 0.1) is 12.3 Å². The van der Waals surface area contributed by atoms with Crippen molar-refractivity contribution in [2.45, 2.75) is 13.8 Å². The molecule has 0 unspecified atom stereocenters. The molecule has 4 N–H and O–H groups in total. The van der Waals surface area contributed by atoms with Crippen molar-refractivity contribution in [3.05, 3.63) is 17.5 Å². The summed E-state index contributed by atoms with van der Waals surface area (Å²) in [7, 11) is 0.